The Morgan fingerprint density at radius 1 is 1.36 bits per heavy atom. The van der Waals surface area contributed by atoms with Gasteiger partial charge in [-0.3, -0.25) is 0 Å². The van der Waals surface area contributed by atoms with E-state index in [1.807, 2.05) is 0 Å². The minimum absolute atomic E-state index is 0.0382. The molecular weight excluding hydrogens is 147 g/mol. The fourth-order valence-corrected chi connectivity index (χ4v) is 0.908. The minimum atomic E-state index is -0.466. The lowest BCUT2D eigenvalue weighted by atomic mass is 10.2. The second-order valence-corrected chi connectivity index (χ2v) is 2.15. The summed E-state index contributed by atoms with van der Waals surface area (Å²) in [4.78, 5) is 0. The van der Waals surface area contributed by atoms with E-state index in [2.05, 4.69) is 15.4 Å². The van der Waals surface area contributed by atoms with Gasteiger partial charge in [-0.15, -0.1) is 0 Å². The number of benzene rings is 1. The summed E-state index contributed by atoms with van der Waals surface area (Å²) >= 11 is 0. The van der Waals surface area contributed by atoms with Crippen LogP contribution in [0.5, 0.6) is 0 Å². The third-order valence-electron chi connectivity index (χ3n) is 1.47. The first kappa shape index (κ1) is 6.09. The third kappa shape index (κ3) is 0.739. The van der Waals surface area contributed by atoms with Gasteiger partial charge in [-0.05, 0) is 12.1 Å². The number of nitrogen functional groups attached to an aromatic ring is 1. The lowest BCUT2D eigenvalue weighted by molar-refractivity contribution is 0.634. The maximum absolute atomic E-state index is 12.7. The van der Waals surface area contributed by atoms with E-state index >= 15 is 0 Å². The highest BCUT2D eigenvalue weighted by Crippen LogP contribution is 2.18. The van der Waals surface area contributed by atoms with Crippen LogP contribution in [-0.2, 0) is 0 Å². The molecule has 1 heterocycles. The molecule has 2 rings (SSSR count). The van der Waals surface area contributed by atoms with E-state index < -0.39 is 5.82 Å². The number of anilines is 1. The van der Waals surface area contributed by atoms with Crippen molar-refractivity contribution in [2.24, 2.45) is 0 Å². The monoisotopic (exact) mass is 152 g/mol. The van der Waals surface area contributed by atoms with Crippen LogP contribution in [0.25, 0.3) is 11.0 Å². The summed E-state index contributed by atoms with van der Waals surface area (Å²) in [6.07, 6.45) is 0. The minimum Gasteiger partial charge on any atom is -0.394 e. The lowest BCUT2D eigenvalue weighted by Crippen LogP contribution is -1.91. The highest BCUT2D eigenvalue weighted by molar-refractivity contribution is 5.85. The topological polar surface area (TPSA) is 67.6 Å². The number of nitrogens with one attached hydrogen (secondary N) is 1. The number of fused-ring (bicyclic) bond motifs is 1. The first-order valence-electron chi connectivity index (χ1n) is 3.03. The second kappa shape index (κ2) is 1.91. The van der Waals surface area contributed by atoms with Gasteiger partial charge in [0, 0.05) is 0 Å². The van der Waals surface area contributed by atoms with Crippen molar-refractivity contribution in [2.45, 2.75) is 0 Å². The molecule has 0 bridgehead atoms. The Kier molecular flexibility index (Phi) is 1.06. The quantitative estimate of drug-likeness (QED) is 0.545. The molecule has 0 aliphatic heterocycles. The molecule has 0 atom stereocenters. The van der Waals surface area contributed by atoms with E-state index in [1.165, 1.54) is 12.1 Å². The summed E-state index contributed by atoms with van der Waals surface area (Å²) in [5, 5.41) is 9.77. The van der Waals surface area contributed by atoms with Crippen LogP contribution < -0.4 is 5.73 Å². The molecule has 0 aliphatic carbocycles. The molecule has 0 spiro atoms. The molecule has 3 N–H and O–H groups in total. The van der Waals surface area contributed by atoms with Crippen molar-refractivity contribution in [1.82, 2.24) is 15.4 Å². The predicted molar refractivity (Wildman–Crippen MR) is 38.3 cm³/mol. The van der Waals surface area contributed by atoms with E-state index in [1.54, 1.807) is 0 Å². The Morgan fingerprint density at radius 3 is 3.00 bits per heavy atom. The molecule has 4 nitrogen and oxygen atoms in total. The number of aromatic nitrogens is 3. The number of H-pyrrole nitrogens is 1. The zero-order chi connectivity index (χ0) is 7.84. The molecule has 5 heteroatoms. The van der Waals surface area contributed by atoms with Crippen LogP contribution >= 0.6 is 0 Å². The zero-order valence-electron chi connectivity index (χ0n) is 5.50. The largest absolute Gasteiger partial charge is 0.394 e. The highest BCUT2D eigenvalue weighted by atomic mass is 19.1. The van der Waals surface area contributed by atoms with Crippen molar-refractivity contribution < 1.29 is 4.39 Å². The molecule has 0 amide bonds. The standard InChI is InChI=1S/C6H5FN4/c7-3-1-2-4-6(5(3)8)10-11-9-4/h1-2H,8H2,(H,9,10,11). The fourth-order valence-electron chi connectivity index (χ4n) is 0.908. The summed E-state index contributed by atoms with van der Waals surface area (Å²) in [7, 11) is 0. The third-order valence-corrected chi connectivity index (χ3v) is 1.47. The molecule has 0 fully saturated rings. The summed E-state index contributed by atoms with van der Waals surface area (Å²) in [5.74, 6) is -0.466. The van der Waals surface area contributed by atoms with Crippen molar-refractivity contribution in [3.63, 3.8) is 0 Å². The van der Waals surface area contributed by atoms with Crippen molar-refractivity contribution >= 4 is 16.7 Å². The van der Waals surface area contributed by atoms with Crippen molar-refractivity contribution in [3.05, 3.63) is 17.9 Å². The lowest BCUT2D eigenvalue weighted by Gasteiger charge is -1.93. The van der Waals surface area contributed by atoms with E-state index in [-0.39, 0.29) is 5.69 Å². The number of hydrogen-bond acceptors (Lipinski definition) is 3. The number of hydrogen-bond donors (Lipinski definition) is 2. The summed E-state index contributed by atoms with van der Waals surface area (Å²) in [5.41, 5.74) is 6.36. The van der Waals surface area contributed by atoms with Crippen molar-refractivity contribution in [3.8, 4) is 0 Å². The first-order chi connectivity index (χ1) is 5.29. The molecule has 56 valence electrons. The van der Waals surface area contributed by atoms with E-state index in [9.17, 15) is 4.39 Å². The summed E-state index contributed by atoms with van der Waals surface area (Å²) in [6, 6.07) is 2.78. The molecule has 0 saturated heterocycles. The van der Waals surface area contributed by atoms with Crippen LogP contribution in [0.2, 0.25) is 0 Å². The highest BCUT2D eigenvalue weighted by Gasteiger charge is 2.05. The molecule has 2 aromatic rings. The van der Waals surface area contributed by atoms with Gasteiger partial charge in [0.15, 0.2) is 0 Å². The molecule has 0 aliphatic rings. The van der Waals surface area contributed by atoms with Gasteiger partial charge in [0.25, 0.3) is 0 Å². The van der Waals surface area contributed by atoms with Crippen LogP contribution in [-0.4, -0.2) is 15.4 Å². The van der Waals surface area contributed by atoms with Crippen LogP contribution in [0.4, 0.5) is 10.1 Å². The number of aromatic amines is 1. The zero-order valence-corrected chi connectivity index (χ0v) is 5.50. The van der Waals surface area contributed by atoms with Crippen molar-refractivity contribution in [2.75, 3.05) is 5.73 Å². The molecular formula is C6H5FN4. The first-order valence-corrected chi connectivity index (χ1v) is 3.03. The Bertz CT molecular complexity index is 394. The van der Waals surface area contributed by atoms with Crippen LogP contribution in [0.1, 0.15) is 0 Å². The number of nitrogens with two attached hydrogens (primary N) is 1. The van der Waals surface area contributed by atoms with Gasteiger partial charge in [0.05, 0.1) is 5.69 Å². The number of rotatable bonds is 0. The average Bonchev–Trinajstić information content (AvgIpc) is 2.45. The predicted octanol–water partition coefficient (Wildman–Crippen LogP) is 0.679. The molecule has 0 unspecified atom stereocenters. The Morgan fingerprint density at radius 2 is 2.18 bits per heavy atom. The summed E-state index contributed by atoms with van der Waals surface area (Å²) < 4.78 is 12.7. The van der Waals surface area contributed by atoms with Gasteiger partial charge in [-0.25, -0.2) is 4.39 Å². The van der Waals surface area contributed by atoms with Gasteiger partial charge in [-0.1, -0.05) is 0 Å². The van der Waals surface area contributed by atoms with Crippen molar-refractivity contribution in [1.29, 1.82) is 0 Å². The van der Waals surface area contributed by atoms with Gasteiger partial charge < -0.3 is 5.73 Å². The molecule has 11 heavy (non-hydrogen) atoms. The number of nitrogens with zero attached hydrogens (tertiary/aromatic N) is 2. The van der Waals surface area contributed by atoms with Gasteiger partial charge in [-0.2, -0.15) is 15.4 Å². The molecule has 0 saturated carbocycles. The van der Waals surface area contributed by atoms with Gasteiger partial charge in [0.1, 0.15) is 16.9 Å². The maximum Gasteiger partial charge on any atom is 0.148 e. The van der Waals surface area contributed by atoms with Gasteiger partial charge >= 0.3 is 0 Å². The van der Waals surface area contributed by atoms with E-state index in [0.717, 1.165) is 0 Å². The normalized spacial score (nSPS) is 10.6. The second-order valence-electron chi connectivity index (χ2n) is 2.15. The number of halogens is 1. The smallest absolute Gasteiger partial charge is 0.148 e. The maximum atomic E-state index is 12.7. The van der Waals surface area contributed by atoms with Crippen LogP contribution in [0.3, 0.4) is 0 Å². The molecule has 1 aromatic carbocycles. The average molecular weight is 152 g/mol. The van der Waals surface area contributed by atoms with Crippen LogP contribution in [0, 0.1) is 5.82 Å². The van der Waals surface area contributed by atoms with Gasteiger partial charge in [0.2, 0.25) is 0 Å². The summed E-state index contributed by atoms with van der Waals surface area (Å²) in [6.45, 7) is 0. The van der Waals surface area contributed by atoms with Crippen LogP contribution in [0.15, 0.2) is 12.1 Å². The Labute approximate surface area is 61.2 Å². The fraction of sp³-hybridized carbons (Fsp3) is 0. The van der Waals surface area contributed by atoms with E-state index in [4.69, 9.17) is 5.73 Å². The molecule has 0 radical (unpaired) electrons. The molecule has 1 aromatic heterocycles. The Balaban J connectivity index is 2.93. The Hall–Kier alpha value is -1.65. The van der Waals surface area contributed by atoms with E-state index in [0.29, 0.717) is 11.0 Å². The SMILES string of the molecule is Nc1c(F)ccc2n[nH]nc12.